The number of fused-ring (bicyclic) bond motifs is 3. The highest BCUT2D eigenvalue weighted by molar-refractivity contribution is 5.98. The molecule has 0 aliphatic heterocycles. The molecule has 0 atom stereocenters. The predicted octanol–water partition coefficient (Wildman–Crippen LogP) is 1.97. The second kappa shape index (κ2) is 1.85. The summed E-state index contributed by atoms with van der Waals surface area (Å²) in [6, 6.07) is 3.74. The van der Waals surface area contributed by atoms with Crippen LogP contribution in [-0.4, -0.2) is 10.1 Å². The predicted molar refractivity (Wildman–Crippen MR) is 41.6 cm³/mol. The van der Waals surface area contributed by atoms with Crippen LogP contribution in [0.5, 0.6) is 0 Å². The summed E-state index contributed by atoms with van der Waals surface area (Å²) in [5.74, 6) is 0. The van der Waals surface area contributed by atoms with Gasteiger partial charge in [0.15, 0.2) is 23.1 Å². The van der Waals surface area contributed by atoms with E-state index in [1.165, 1.54) is 6.39 Å². The lowest BCUT2D eigenvalue weighted by Gasteiger charge is -1.84. The molecule has 4 nitrogen and oxygen atoms in total. The van der Waals surface area contributed by atoms with Crippen LogP contribution in [0.25, 0.3) is 22.1 Å². The molecule has 0 fully saturated rings. The number of rotatable bonds is 0. The molecule has 58 valence electrons. The summed E-state index contributed by atoms with van der Waals surface area (Å²) in [5.41, 5.74) is 2.13. The van der Waals surface area contributed by atoms with E-state index in [9.17, 15) is 0 Å². The largest absolute Gasteiger partial charge is 0.443 e. The van der Waals surface area contributed by atoms with E-state index >= 15 is 0 Å². The van der Waals surface area contributed by atoms with Crippen molar-refractivity contribution in [2.24, 2.45) is 0 Å². The van der Waals surface area contributed by atoms with Crippen molar-refractivity contribution < 1.29 is 8.94 Å². The average molecular weight is 160 g/mol. The molecule has 4 heteroatoms. The van der Waals surface area contributed by atoms with Gasteiger partial charge in [0.1, 0.15) is 0 Å². The van der Waals surface area contributed by atoms with Crippen molar-refractivity contribution in [2.75, 3.05) is 0 Å². The van der Waals surface area contributed by atoms with Crippen LogP contribution >= 0.6 is 0 Å². The fraction of sp³-hybridized carbons (Fsp3) is 0. The Kier molecular flexibility index (Phi) is 0.889. The lowest BCUT2D eigenvalue weighted by molar-refractivity contribution is 0.458. The lowest BCUT2D eigenvalue weighted by atomic mass is 10.2. The fourth-order valence-corrected chi connectivity index (χ4v) is 1.26. The van der Waals surface area contributed by atoms with E-state index in [0.29, 0.717) is 5.58 Å². The molecule has 0 unspecified atom stereocenters. The van der Waals surface area contributed by atoms with Gasteiger partial charge in [0, 0.05) is 5.39 Å². The van der Waals surface area contributed by atoms with Crippen molar-refractivity contribution in [3.05, 3.63) is 24.7 Å². The zero-order valence-electron chi connectivity index (χ0n) is 6.02. The maximum atomic E-state index is 5.10. The van der Waals surface area contributed by atoms with Crippen molar-refractivity contribution in [1.82, 2.24) is 10.1 Å². The summed E-state index contributed by atoms with van der Waals surface area (Å²) in [5, 5.41) is 4.62. The van der Waals surface area contributed by atoms with Gasteiger partial charge in [0.2, 0.25) is 0 Å². The molecular weight excluding hydrogens is 156 g/mol. The van der Waals surface area contributed by atoms with Gasteiger partial charge < -0.3 is 8.94 Å². The molecule has 0 saturated heterocycles. The summed E-state index contributed by atoms with van der Waals surface area (Å²) in [6.45, 7) is 0. The molecule has 12 heavy (non-hydrogen) atoms. The summed E-state index contributed by atoms with van der Waals surface area (Å²) in [6.07, 6.45) is 3.05. The van der Waals surface area contributed by atoms with Crippen LogP contribution in [0, 0.1) is 0 Å². The third-order valence-corrected chi connectivity index (χ3v) is 1.82. The molecule has 3 aromatic rings. The van der Waals surface area contributed by atoms with Crippen molar-refractivity contribution in [3.63, 3.8) is 0 Å². The van der Waals surface area contributed by atoms with Gasteiger partial charge in [-0.3, -0.25) is 0 Å². The van der Waals surface area contributed by atoms with Crippen molar-refractivity contribution in [1.29, 1.82) is 0 Å². The Morgan fingerprint density at radius 3 is 3.25 bits per heavy atom. The highest BCUT2D eigenvalue weighted by Crippen LogP contribution is 2.23. The van der Waals surface area contributed by atoms with Crippen LogP contribution in [-0.2, 0) is 0 Å². The lowest BCUT2D eigenvalue weighted by Crippen LogP contribution is -1.67. The Balaban J connectivity index is 2.71. The monoisotopic (exact) mass is 160 g/mol. The molecule has 2 aromatic heterocycles. The van der Waals surface area contributed by atoms with E-state index < -0.39 is 0 Å². The van der Waals surface area contributed by atoms with Crippen LogP contribution in [0.3, 0.4) is 0 Å². The molecule has 0 amide bonds. The topological polar surface area (TPSA) is 52.1 Å². The van der Waals surface area contributed by atoms with Gasteiger partial charge in [-0.1, -0.05) is 5.16 Å². The Bertz CT molecular complexity index is 488. The molecular formula is C8H4N2O2. The van der Waals surface area contributed by atoms with Crippen molar-refractivity contribution in [2.45, 2.75) is 0 Å². The first kappa shape index (κ1) is 5.77. The first-order chi connectivity index (χ1) is 5.95. The molecule has 0 N–H and O–H groups in total. The normalized spacial score (nSPS) is 11.3. The number of nitrogens with zero attached hydrogens (tertiary/aromatic N) is 2. The number of benzene rings is 1. The van der Waals surface area contributed by atoms with E-state index in [-0.39, 0.29) is 0 Å². The molecule has 0 aliphatic rings. The van der Waals surface area contributed by atoms with Gasteiger partial charge in [0.25, 0.3) is 0 Å². The average Bonchev–Trinajstić information content (AvgIpc) is 2.71. The number of aromatic nitrogens is 2. The van der Waals surface area contributed by atoms with Gasteiger partial charge in [-0.05, 0) is 12.1 Å². The fourth-order valence-electron chi connectivity index (χ4n) is 1.26. The maximum absolute atomic E-state index is 5.10. The van der Waals surface area contributed by atoms with E-state index in [1.54, 1.807) is 6.20 Å². The van der Waals surface area contributed by atoms with E-state index in [0.717, 1.165) is 16.5 Å². The maximum Gasteiger partial charge on any atom is 0.196 e. The van der Waals surface area contributed by atoms with Gasteiger partial charge in [-0.2, -0.15) is 0 Å². The van der Waals surface area contributed by atoms with Crippen molar-refractivity contribution >= 4 is 22.1 Å². The molecule has 0 radical (unpaired) electrons. The highest BCUT2D eigenvalue weighted by Gasteiger charge is 2.06. The Morgan fingerprint density at radius 2 is 2.25 bits per heavy atom. The van der Waals surface area contributed by atoms with Gasteiger partial charge in [-0.15, -0.1) is 0 Å². The zero-order valence-corrected chi connectivity index (χ0v) is 6.02. The quantitative estimate of drug-likeness (QED) is 0.504. The molecule has 0 saturated carbocycles. The Labute approximate surface area is 66.8 Å². The summed E-state index contributed by atoms with van der Waals surface area (Å²) < 4.78 is 10.1. The minimum Gasteiger partial charge on any atom is -0.443 e. The standard InChI is InChI=1S/C8H4N2O2/c1-2-6-7(9-4-11-6)8-5(1)3-10-12-8/h1-4H. The van der Waals surface area contributed by atoms with E-state index in [4.69, 9.17) is 8.94 Å². The van der Waals surface area contributed by atoms with Crippen molar-refractivity contribution in [3.8, 4) is 0 Å². The van der Waals surface area contributed by atoms with Gasteiger partial charge >= 0.3 is 0 Å². The second-order valence-corrected chi connectivity index (χ2v) is 2.51. The molecule has 0 spiro atoms. The minimum absolute atomic E-state index is 0.682. The molecule has 2 heterocycles. The minimum atomic E-state index is 0.682. The van der Waals surface area contributed by atoms with Crippen LogP contribution in [0.2, 0.25) is 0 Å². The van der Waals surface area contributed by atoms with E-state index in [1.807, 2.05) is 12.1 Å². The van der Waals surface area contributed by atoms with E-state index in [2.05, 4.69) is 10.1 Å². The summed E-state index contributed by atoms with van der Waals surface area (Å²) in [4.78, 5) is 4.02. The first-order valence-electron chi connectivity index (χ1n) is 3.52. The number of hydrogen-bond acceptors (Lipinski definition) is 4. The zero-order chi connectivity index (χ0) is 7.97. The first-order valence-corrected chi connectivity index (χ1v) is 3.52. The van der Waals surface area contributed by atoms with Gasteiger partial charge in [0.05, 0.1) is 6.20 Å². The smallest absolute Gasteiger partial charge is 0.196 e. The molecule has 0 bridgehead atoms. The van der Waals surface area contributed by atoms with Crippen LogP contribution in [0.15, 0.2) is 33.7 Å². The summed E-state index contributed by atoms with van der Waals surface area (Å²) >= 11 is 0. The highest BCUT2D eigenvalue weighted by atomic mass is 16.5. The Morgan fingerprint density at radius 1 is 1.25 bits per heavy atom. The molecule has 1 aromatic carbocycles. The third-order valence-electron chi connectivity index (χ3n) is 1.82. The Hall–Kier alpha value is -1.84. The number of hydrogen-bond donors (Lipinski definition) is 0. The second-order valence-electron chi connectivity index (χ2n) is 2.51. The van der Waals surface area contributed by atoms with Gasteiger partial charge in [-0.25, -0.2) is 4.98 Å². The molecule has 3 rings (SSSR count). The SMILES string of the molecule is c1nc2c(ccc3cnoc32)o1. The van der Waals surface area contributed by atoms with Crippen LogP contribution < -0.4 is 0 Å². The number of oxazole rings is 1. The third kappa shape index (κ3) is 0.567. The molecule has 0 aliphatic carbocycles. The van der Waals surface area contributed by atoms with Crippen LogP contribution in [0.1, 0.15) is 0 Å². The van der Waals surface area contributed by atoms with Crippen LogP contribution in [0.4, 0.5) is 0 Å². The summed E-state index contributed by atoms with van der Waals surface area (Å²) in [7, 11) is 0.